The Labute approximate surface area is 275 Å². The third-order valence-electron chi connectivity index (χ3n) is 5.22. The van der Waals surface area contributed by atoms with Crippen LogP contribution < -0.4 is 15.3 Å². The minimum atomic E-state index is -0.457. The molecule has 0 atom stereocenters. The molecule has 0 bridgehead atoms. The number of hydrogen-bond acceptors (Lipinski definition) is 6. The quantitative estimate of drug-likeness (QED) is 0.273. The summed E-state index contributed by atoms with van der Waals surface area (Å²) in [6.45, 7) is 32.5. The normalized spacial score (nSPS) is 14.1. The van der Waals surface area contributed by atoms with Gasteiger partial charge in [0.25, 0.3) is 0 Å². The van der Waals surface area contributed by atoms with E-state index in [1.54, 1.807) is 0 Å². The van der Waals surface area contributed by atoms with E-state index in [0.717, 1.165) is 0 Å². The van der Waals surface area contributed by atoms with Crippen LogP contribution in [-0.2, 0) is 14.4 Å². The summed E-state index contributed by atoms with van der Waals surface area (Å²) in [5, 5.41) is 34.3. The maximum Gasteiger partial charge on any atom is 3.00 e. The largest absolute Gasteiger partial charge is 3.00 e. The topological polar surface area (TPSA) is 120 Å². The molecule has 240 valence electrons. The van der Waals surface area contributed by atoms with E-state index in [4.69, 9.17) is 0 Å². The third kappa shape index (κ3) is 21.6. The third-order valence-corrected chi connectivity index (χ3v) is 5.22. The zero-order valence-electron chi connectivity index (χ0n) is 28.4. The first-order valence-electron chi connectivity index (χ1n) is 13.5. The molecule has 0 unspecified atom stereocenters. The predicted octanol–water partition coefficient (Wildman–Crippen LogP) is 5.68. The van der Waals surface area contributed by atoms with E-state index in [9.17, 15) is 29.7 Å². The number of carbonyl (C=O) groups excluding carboxylic acids is 3. The zero-order valence-corrected chi connectivity index (χ0v) is 30.1. The Morgan fingerprint density at radius 3 is 0.550 bits per heavy atom. The monoisotopic (exact) mass is 724 g/mol. The van der Waals surface area contributed by atoms with Crippen LogP contribution in [0, 0.1) is 69.4 Å². The Hall–Kier alpha value is -1.14. The van der Waals surface area contributed by atoms with Crippen LogP contribution in [0.25, 0.3) is 0 Å². The van der Waals surface area contributed by atoms with Crippen molar-refractivity contribution < 1.29 is 66.6 Å². The van der Waals surface area contributed by atoms with Gasteiger partial charge in [0.05, 0.1) is 0 Å². The average Bonchev–Trinajstić information content (AvgIpc) is 2.64. The van der Waals surface area contributed by atoms with Gasteiger partial charge in [-0.25, -0.2) is 0 Å². The molecule has 0 aliphatic heterocycles. The smallest absolute Gasteiger partial charge is 0.875 e. The second-order valence-electron chi connectivity index (χ2n) is 16.1. The van der Waals surface area contributed by atoms with Crippen LogP contribution >= 0.6 is 0 Å². The van der Waals surface area contributed by atoms with Crippen LogP contribution in [0.2, 0.25) is 0 Å². The second kappa shape index (κ2) is 16.5. The van der Waals surface area contributed by atoms with Crippen LogP contribution in [0.3, 0.4) is 0 Å². The molecule has 0 aromatic carbocycles. The zero-order chi connectivity index (χ0) is 32.6. The summed E-state index contributed by atoms with van der Waals surface area (Å²) < 4.78 is 0. The van der Waals surface area contributed by atoms with E-state index in [-0.39, 0.29) is 71.5 Å². The molecule has 0 amide bonds. The van der Waals surface area contributed by atoms with Gasteiger partial charge in [-0.05, 0) is 34.5 Å². The van der Waals surface area contributed by atoms with Gasteiger partial charge in [0.2, 0.25) is 0 Å². The Morgan fingerprint density at radius 2 is 0.475 bits per heavy atom. The van der Waals surface area contributed by atoms with Crippen molar-refractivity contribution in [2.75, 3.05) is 0 Å². The first-order chi connectivity index (χ1) is 16.6. The maximum atomic E-state index is 11.4. The molecule has 7 heteroatoms. The van der Waals surface area contributed by atoms with E-state index < -0.39 is 32.5 Å². The molecule has 0 saturated heterocycles. The first-order valence-corrected chi connectivity index (χ1v) is 13.5. The summed E-state index contributed by atoms with van der Waals surface area (Å²) in [5.41, 5.74) is -2.74. The van der Waals surface area contributed by atoms with Crippen molar-refractivity contribution in [3.8, 4) is 0 Å². The van der Waals surface area contributed by atoms with Gasteiger partial charge in [-0.2, -0.15) is 0 Å². The van der Waals surface area contributed by atoms with E-state index >= 15 is 0 Å². The van der Waals surface area contributed by atoms with Gasteiger partial charge < -0.3 is 15.3 Å². The predicted molar refractivity (Wildman–Crippen MR) is 156 cm³/mol. The molecule has 0 spiro atoms. The first kappa shape index (κ1) is 45.8. The summed E-state index contributed by atoms with van der Waals surface area (Å²) >= 11 is 0. The van der Waals surface area contributed by atoms with Crippen molar-refractivity contribution in [1.29, 1.82) is 0 Å². The Kier molecular flexibility index (Phi) is 18.9. The van der Waals surface area contributed by atoms with Crippen molar-refractivity contribution in [2.45, 2.75) is 125 Å². The number of ketones is 3. The fraction of sp³-hybridized carbons (Fsp3) is 0.727. The van der Waals surface area contributed by atoms with Gasteiger partial charge in [-0.15, -0.1) is 17.3 Å². The molecule has 0 aliphatic rings. The maximum absolute atomic E-state index is 11.4. The Morgan fingerprint density at radius 1 is 0.350 bits per heavy atom. The minimum absolute atomic E-state index is 0. The summed E-state index contributed by atoms with van der Waals surface area (Å²) in [4.78, 5) is 34.3. The molecular weight excluding hydrogens is 667 g/mol. The average molecular weight is 725 g/mol. The Bertz CT molecular complexity index is 801. The van der Waals surface area contributed by atoms with Crippen molar-refractivity contribution in [3.05, 3.63) is 35.5 Å². The number of rotatable bonds is 3. The van der Waals surface area contributed by atoms with Crippen LogP contribution in [0.4, 0.5) is 0 Å². The molecule has 0 aromatic rings. The van der Waals surface area contributed by atoms with Crippen LogP contribution in [0.5, 0.6) is 0 Å². The van der Waals surface area contributed by atoms with Crippen LogP contribution in [0.15, 0.2) is 35.5 Å². The van der Waals surface area contributed by atoms with Gasteiger partial charge in [-0.3, -0.25) is 14.4 Å². The standard InChI is InChI=1S/3C11H20O2.Lu/c3*1-10(2,3)8(12)7-9(13)11(4,5)6;/h3*7,12H,1-6H3;/q;;;+3/p-3/b3*8-7-;. The van der Waals surface area contributed by atoms with Gasteiger partial charge >= 0.3 is 36.9 Å². The van der Waals surface area contributed by atoms with Gasteiger partial charge in [-0.1, -0.05) is 125 Å². The van der Waals surface area contributed by atoms with E-state index in [2.05, 4.69) is 0 Å². The number of carbonyl (C=O) groups is 3. The molecule has 0 aromatic heterocycles. The number of hydrogen-bond donors (Lipinski definition) is 0. The fourth-order valence-electron chi connectivity index (χ4n) is 1.66. The summed E-state index contributed by atoms with van der Waals surface area (Å²) in [7, 11) is 0. The molecule has 0 saturated carbocycles. The summed E-state index contributed by atoms with van der Waals surface area (Å²) in [6.07, 6.45) is 3.67. The molecule has 0 radical (unpaired) electrons. The van der Waals surface area contributed by atoms with Gasteiger partial charge in [0.15, 0.2) is 17.3 Å². The van der Waals surface area contributed by atoms with Crippen molar-refractivity contribution in [3.63, 3.8) is 0 Å². The molecule has 0 N–H and O–H groups in total. The Balaban J connectivity index is -0.000000240. The summed E-state index contributed by atoms with van der Waals surface area (Å²) in [6, 6.07) is 0. The molecule has 0 fully saturated rings. The number of allylic oxidation sites excluding steroid dienone is 6. The van der Waals surface area contributed by atoms with E-state index in [1.807, 2.05) is 125 Å². The molecule has 0 aliphatic carbocycles. The summed E-state index contributed by atoms with van der Waals surface area (Å²) in [5.74, 6) is -0.625. The molecule has 0 rings (SSSR count). The molecule has 6 nitrogen and oxygen atoms in total. The van der Waals surface area contributed by atoms with E-state index in [1.165, 1.54) is 18.2 Å². The second-order valence-corrected chi connectivity index (χ2v) is 16.1. The van der Waals surface area contributed by atoms with Gasteiger partial charge in [0, 0.05) is 16.2 Å². The van der Waals surface area contributed by atoms with Crippen molar-refractivity contribution in [2.24, 2.45) is 32.5 Å². The van der Waals surface area contributed by atoms with Crippen molar-refractivity contribution in [1.82, 2.24) is 0 Å². The van der Waals surface area contributed by atoms with Crippen LogP contribution in [0.1, 0.15) is 125 Å². The molecule has 40 heavy (non-hydrogen) atoms. The van der Waals surface area contributed by atoms with Gasteiger partial charge in [0.1, 0.15) is 0 Å². The van der Waals surface area contributed by atoms with Crippen molar-refractivity contribution >= 4 is 17.3 Å². The molecular formula is C33H57LuO6. The SMILES string of the molecule is CC(C)(C)C(=O)/C=C(\[O-])C(C)(C)C.CC(C)(C)C(=O)/C=C(\[O-])C(C)(C)C.CC(C)(C)C(=O)/C=C(\[O-])C(C)(C)C.[Lu+3]. The molecule has 0 heterocycles. The van der Waals surface area contributed by atoms with E-state index in [0.29, 0.717) is 0 Å². The fourth-order valence-corrected chi connectivity index (χ4v) is 1.66. The minimum Gasteiger partial charge on any atom is -0.875 e. The van der Waals surface area contributed by atoms with Crippen LogP contribution in [-0.4, -0.2) is 17.3 Å².